The van der Waals surface area contributed by atoms with Gasteiger partial charge in [-0.2, -0.15) is 0 Å². The summed E-state index contributed by atoms with van der Waals surface area (Å²) in [6.45, 7) is 0. The Kier molecular flexibility index (Phi) is 5.59. The van der Waals surface area contributed by atoms with Gasteiger partial charge < -0.3 is 16.0 Å². The van der Waals surface area contributed by atoms with E-state index in [1.807, 2.05) is 6.07 Å². The maximum atomic E-state index is 12.8. The second-order valence-electron chi connectivity index (χ2n) is 7.00. The van der Waals surface area contributed by atoms with Crippen molar-refractivity contribution in [3.05, 3.63) is 78.4 Å². The summed E-state index contributed by atoms with van der Waals surface area (Å²) in [4.78, 5) is 23.8. The van der Waals surface area contributed by atoms with Crippen LogP contribution in [0.5, 0.6) is 0 Å². The first kappa shape index (κ1) is 20.4. The third kappa shape index (κ3) is 5.01. The van der Waals surface area contributed by atoms with Gasteiger partial charge in [-0.05, 0) is 60.5 Å². The minimum atomic E-state index is -3.85. The second kappa shape index (κ2) is 8.49. The third-order valence-corrected chi connectivity index (χ3v) is 6.07. The van der Waals surface area contributed by atoms with Gasteiger partial charge >= 0.3 is 6.03 Å². The number of fused-ring (bicyclic) bond motifs is 1. The van der Waals surface area contributed by atoms with Gasteiger partial charge in [0.1, 0.15) is 0 Å². The molecule has 8 nitrogen and oxygen atoms in total. The summed E-state index contributed by atoms with van der Waals surface area (Å²) in [5.74, 6) is -0.0816. The number of amides is 3. The average molecular weight is 436 g/mol. The molecular formula is C22H20N4O4S. The number of sulfonamides is 1. The highest BCUT2D eigenvalue weighted by Gasteiger charge is 2.20. The number of carbonyl (C=O) groups is 2. The highest BCUT2D eigenvalue weighted by atomic mass is 32.2. The van der Waals surface area contributed by atoms with Crippen LogP contribution >= 0.6 is 0 Å². The monoisotopic (exact) mass is 436 g/mol. The van der Waals surface area contributed by atoms with E-state index in [9.17, 15) is 18.0 Å². The van der Waals surface area contributed by atoms with Gasteiger partial charge in [0.15, 0.2) is 0 Å². The van der Waals surface area contributed by atoms with Crippen molar-refractivity contribution in [2.45, 2.75) is 17.7 Å². The Morgan fingerprint density at radius 2 is 1.52 bits per heavy atom. The Morgan fingerprint density at radius 1 is 0.806 bits per heavy atom. The fourth-order valence-corrected chi connectivity index (χ4v) is 4.32. The van der Waals surface area contributed by atoms with Crippen LogP contribution in [0.4, 0.5) is 27.5 Å². The lowest BCUT2D eigenvalue weighted by Crippen LogP contribution is -2.20. The molecule has 9 heteroatoms. The molecule has 0 atom stereocenters. The molecule has 0 spiro atoms. The summed E-state index contributed by atoms with van der Waals surface area (Å²) >= 11 is 0. The van der Waals surface area contributed by atoms with E-state index in [0.29, 0.717) is 35.6 Å². The standard InChI is InChI=1S/C22H20N4O4S/c27-21-12-9-15-13-19(10-11-20(15)25-21)31(29,30)26-18-8-4-7-17(14-18)24-22(28)23-16-5-2-1-3-6-16/h1-8,10-11,13-14,26H,9,12H2,(H,25,27)(H2,23,24,28). The predicted octanol–water partition coefficient (Wildman–Crippen LogP) is 4.02. The first-order valence-electron chi connectivity index (χ1n) is 9.58. The summed E-state index contributed by atoms with van der Waals surface area (Å²) in [7, 11) is -3.85. The zero-order chi connectivity index (χ0) is 21.8. The Bertz CT molecular complexity index is 1240. The first-order valence-corrected chi connectivity index (χ1v) is 11.1. The van der Waals surface area contributed by atoms with Crippen LogP contribution in [-0.2, 0) is 21.2 Å². The number of anilines is 4. The molecule has 1 heterocycles. The van der Waals surface area contributed by atoms with E-state index in [4.69, 9.17) is 0 Å². The molecule has 0 saturated carbocycles. The Balaban J connectivity index is 1.47. The van der Waals surface area contributed by atoms with Crippen LogP contribution in [-0.4, -0.2) is 20.4 Å². The molecule has 0 bridgehead atoms. The topological polar surface area (TPSA) is 116 Å². The normalized spacial score (nSPS) is 13.0. The molecule has 158 valence electrons. The number of carbonyl (C=O) groups excluding carboxylic acids is 2. The number of para-hydroxylation sites is 1. The summed E-state index contributed by atoms with van der Waals surface area (Å²) < 4.78 is 28.2. The fraction of sp³-hybridized carbons (Fsp3) is 0.0909. The van der Waals surface area contributed by atoms with Gasteiger partial charge in [-0.15, -0.1) is 0 Å². The number of nitrogens with one attached hydrogen (secondary N) is 4. The molecule has 3 aromatic rings. The molecule has 4 rings (SSSR count). The maximum Gasteiger partial charge on any atom is 0.323 e. The van der Waals surface area contributed by atoms with Crippen molar-refractivity contribution in [1.29, 1.82) is 0 Å². The van der Waals surface area contributed by atoms with E-state index in [-0.39, 0.29) is 10.8 Å². The fourth-order valence-electron chi connectivity index (χ4n) is 3.22. The van der Waals surface area contributed by atoms with E-state index in [2.05, 4.69) is 20.7 Å². The number of urea groups is 1. The minimum absolute atomic E-state index is 0.0816. The van der Waals surface area contributed by atoms with Crippen molar-refractivity contribution in [2.24, 2.45) is 0 Å². The number of hydrogen-bond acceptors (Lipinski definition) is 4. The number of hydrogen-bond donors (Lipinski definition) is 4. The number of rotatable bonds is 5. The van der Waals surface area contributed by atoms with Crippen molar-refractivity contribution in [3.63, 3.8) is 0 Å². The van der Waals surface area contributed by atoms with Crippen molar-refractivity contribution < 1.29 is 18.0 Å². The third-order valence-electron chi connectivity index (χ3n) is 4.69. The van der Waals surface area contributed by atoms with Crippen molar-refractivity contribution in [3.8, 4) is 0 Å². The zero-order valence-electron chi connectivity index (χ0n) is 16.4. The van der Waals surface area contributed by atoms with Crippen LogP contribution < -0.4 is 20.7 Å². The largest absolute Gasteiger partial charge is 0.326 e. The van der Waals surface area contributed by atoms with E-state index in [0.717, 1.165) is 5.56 Å². The molecule has 0 saturated heterocycles. The van der Waals surface area contributed by atoms with Gasteiger partial charge in [-0.3, -0.25) is 9.52 Å². The van der Waals surface area contributed by atoms with Crippen molar-refractivity contribution in [2.75, 3.05) is 20.7 Å². The Labute approximate surface area is 179 Å². The molecule has 0 fully saturated rings. The van der Waals surface area contributed by atoms with Crippen LogP contribution in [0, 0.1) is 0 Å². The van der Waals surface area contributed by atoms with Crippen LogP contribution in [0.25, 0.3) is 0 Å². The second-order valence-corrected chi connectivity index (χ2v) is 8.68. The first-order chi connectivity index (χ1) is 14.9. The van der Waals surface area contributed by atoms with Gasteiger partial charge in [-0.25, -0.2) is 13.2 Å². The maximum absolute atomic E-state index is 12.8. The summed E-state index contributed by atoms with van der Waals surface area (Å²) in [6, 6.07) is 19.5. The molecule has 0 aromatic heterocycles. The average Bonchev–Trinajstić information content (AvgIpc) is 2.74. The van der Waals surface area contributed by atoms with Gasteiger partial charge in [0.25, 0.3) is 10.0 Å². The Hall–Kier alpha value is -3.85. The molecular weight excluding hydrogens is 416 g/mol. The van der Waals surface area contributed by atoms with Crippen LogP contribution in [0.3, 0.4) is 0 Å². The smallest absolute Gasteiger partial charge is 0.323 e. The Morgan fingerprint density at radius 3 is 2.32 bits per heavy atom. The molecule has 0 aliphatic carbocycles. The van der Waals surface area contributed by atoms with Crippen molar-refractivity contribution >= 4 is 44.7 Å². The molecule has 31 heavy (non-hydrogen) atoms. The summed E-state index contributed by atoms with van der Waals surface area (Å²) in [6.07, 6.45) is 0.809. The van der Waals surface area contributed by atoms with E-state index in [1.165, 1.54) is 12.1 Å². The van der Waals surface area contributed by atoms with E-state index in [1.54, 1.807) is 54.6 Å². The van der Waals surface area contributed by atoms with Gasteiger partial charge in [-0.1, -0.05) is 24.3 Å². The predicted molar refractivity (Wildman–Crippen MR) is 120 cm³/mol. The quantitative estimate of drug-likeness (QED) is 0.483. The van der Waals surface area contributed by atoms with Gasteiger partial charge in [0.05, 0.1) is 10.6 Å². The van der Waals surface area contributed by atoms with Gasteiger partial charge in [0.2, 0.25) is 5.91 Å². The number of aryl methyl sites for hydroxylation is 1. The molecule has 1 aliphatic heterocycles. The number of benzene rings is 3. The molecule has 3 amide bonds. The summed E-state index contributed by atoms with van der Waals surface area (Å²) in [5, 5.41) is 8.10. The van der Waals surface area contributed by atoms with Crippen LogP contribution in [0.2, 0.25) is 0 Å². The van der Waals surface area contributed by atoms with Crippen molar-refractivity contribution in [1.82, 2.24) is 0 Å². The summed E-state index contributed by atoms with van der Waals surface area (Å²) in [5.41, 5.74) is 2.78. The molecule has 4 N–H and O–H groups in total. The van der Waals surface area contributed by atoms with Crippen LogP contribution in [0.1, 0.15) is 12.0 Å². The van der Waals surface area contributed by atoms with E-state index < -0.39 is 16.1 Å². The van der Waals surface area contributed by atoms with Crippen LogP contribution in [0.15, 0.2) is 77.7 Å². The zero-order valence-corrected chi connectivity index (χ0v) is 17.2. The minimum Gasteiger partial charge on any atom is -0.326 e. The molecule has 0 radical (unpaired) electrons. The lowest BCUT2D eigenvalue weighted by molar-refractivity contribution is -0.116. The van der Waals surface area contributed by atoms with E-state index >= 15 is 0 Å². The highest BCUT2D eigenvalue weighted by Crippen LogP contribution is 2.27. The van der Waals surface area contributed by atoms with Gasteiger partial charge in [0, 0.05) is 23.5 Å². The molecule has 1 aliphatic rings. The SMILES string of the molecule is O=C1CCc2cc(S(=O)(=O)Nc3cccc(NC(=O)Nc4ccccc4)c3)ccc2N1. The molecule has 3 aromatic carbocycles. The lowest BCUT2D eigenvalue weighted by atomic mass is 10.0. The highest BCUT2D eigenvalue weighted by molar-refractivity contribution is 7.92. The lowest BCUT2D eigenvalue weighted by Gasteiger charge is -2.18. The molecule has 0 unspecified atom stereocenters.